The van der Waals surface area contributed by atoms with Crippen LogP contribution in [-0.2, 0) is 14.3 Å². The maximum atomic E-state index is 12.6. The summed E-state index contributed by atoms with van der Waals surface area (Å²) in [6.07, 6.45) is -0.462. The van der Waals surface area contributed by atoms with E-state index in [2.05, 4.69) is 0 Å². The summed E-state index contributed by atoms with van der Waals surface area (Å²) in [7, 11) is 1.73. The maximum Gasteiger partial charge on any atom is 0.252 e. The summed E-state index contributed by atoms with van der Waals surface area (Å²) >= 11 is 12.0. The second-order valence-corrected chi connectivity index (χ2v) is 6.82. The van der Waals surface area contributed by atoms with Gasteiger partial charge in [0.15, 0.2) is 0 Å². The fourth-order valence-corrected chi connectivity index (χ4v) is 3.34. The number of benzene rings is 2. The topological polar surface area (TPSA) is 46.6 Å². The summed E-state index contributed by atoms with van der Waals surface area (Å²) in [6.45, 7) is 0. The molecule has 1 amide bonds. The number of hydrogen-bond donors (Lipinski definition) is 0. The first-order valence-electron chi connectivity index (χ1n) is 7.88. The Morgan fingerprint density at radius 1 is 1.00 bits per heavy atom. The van der Waals surface area contributed by atoms with Gasteiger partial charge in [-0.1, -0.05) is 47.5 Å². The Kier molecular flexibility index (Phi) is 5.42. The summed E-state index contributed by atoms with van der Waals surface area (Å²) in [5.74, 6) is -0.211. The van der Waals surface area contributed by atoms with Crippen LogP contribution in [0.25, 0.3) is 0 Å². The number of nitrogens with zero attached hydrogens (tertiary/aromatic N) is 1. The SMILES string of the molecule is CN1C(=O)[C@@H](CC=O)O[C@H](c2ccc(Cl)cc2)[C@@H]1c1ccc(Cl)cc1. The summed E-state index contributed by atoms with van der Waals surface area (Å²) in [6, 6.07) is 14.3. The van der Waals surface area contributed by atoms with Gasteiger partial charge in [0.25, 0.3) is 5.91 Å². The highest BCUT2D eigenvalue weighted by atomic mass is 35.5. The first-order chi connectivity index (χ1) is 12.0. The van der Waals surface area contributed by atoms with Crippen LogP contribution in [-0.4, -0.2) is 30.2 Å². The fraction of sp³-hybridized carbons (Fsp3) is 0.263. The molecule has 6 heteroatoms. The van der Waals surface area contributed by atoms with Crippen molar-refractivity contribution >= 4 is 35.4 Å². The van der Waals surface area contributed by atoms with E-state index in [-0.39, 0.29) is 18.4 Å². The molecule has 0 saturated carbocycles. The van der Waals surface area contributed by atoms with E-state index in [1.807, 2.05) is 24.3 Å². The summed E-state index contributed by atoms with van der Waals surface area (Å²) in [4.78, 5) is 25.2. The minimum absolute atomic E-state index is 0.0284. The second kappa shape index (κ2) is 7.56. The number of aldehydes is 1. The van der Waals surface area contributed by atoms with Crippen LogP contribution in [0, 0.1) is 0 Å². The molecule has 2 aromatic rings. The van der Waals surface area contributed by atoms with Gasteiger partial charge in [-0.25, -0.2) is 0 Å². The zero-order chi connectivity index (χ0) is 18.0. The van der Waals surface area contributed by atoms with Gasteiger partial charge in [-0.2, -0.15) is 0 Å². The Labute approximate surface area is 156 Å². The van der Waals surface area contributed by atoms with Gasteiger partial charge < -0.3 is 14.4 Å². The van der Waals surface area contributed by atoms with Gasteiger partial charge in [0.05, 0.1) is 6.04 Å². The van der Waals surface area contributed by atoms with E-state index >= 15 is 0 Å². The molecule has 3 rings (SSSR count). The highest BCUT2D eigenvalue weighted by Gasteiger charge is 2.42. The minimum atomic E-state index is -0.785. The second-order valence-electron chi connectivity index (χ2n) is 5.94. The third-order valence-electron chi connectivity index (χ3n) is 4.36. The molecular weight excluding hydrogens is 361 g/mol. The van der Waals surface area contributed by atoms with Crippen LogP contribution in [0.4, 0.5) is 0 Å². The molecule has 0 unspecified atom stereocenters. The minimum Gasteiger partial charge on any atom is -0.357 e. The number of carbonyl (C=O) groups excluding carboxylic acids is 2. The number of carbonyl (C=O) groups is 2. The van der Waals surface area contributed by atoms with E-state index in [9.17, 15) is 9.59 Å². The molecule has 25 heavy (non-hydrogen) atoms. The van der Waals surface area contributed by atoms with Crippen molar-refractivity contribution in [2.45, 2.75) is 24.7 Å². The Hall–Kier alpha value is -1.88. The van der Waals surface area contributed by atoms with Gasteiger partial charge in [-0.3, -0.25) is 4.79 Å². The standard InChI is InChI=1S/C19H17Cl2NO3/c1-22-17(12-2-6-14(20)7-3-12)18(13-4-8-15(21)9-5-13)25-16(10-11-23)19(22)24/h2-9,11,16-18H,10H2,1H3/t16-,17+,18-/m1/s1. The average molecular weight is 378 g/mol. The molecule has 3 atom stereocenters. The number of rotatable bonds is 4. The molecule has 0 spiro atoms. The molecule has 1 aliphatic heterocycles. The highest BCUT2D eigenvalue weighted by Crippen LogP contribution is 2.41. The van der Waals surface area contributed by atoms with E-state index in [1.54, 1.807) is 36.2 Å². The zero-order valence-electron chi connectivity index (χ0n) is 13.6. The van der Waals surface area contributed by atoms with Crippen molar-refractivity contribution in [1.29, 1.82) is 0 Å². The smallest absolute Gasteiger partial charge is 0.252 e. The van der Waals surface area contributed by atoms with Crippen molar-refractivity contribution < 1.29 is 14.3 Å². The lowest BCUT2D eigenvalue weighted by Crippen LogP contribution is -2.49. The molecule has 1 heterocycles. The molecule has 1 saturated heterocycles. The van der Waals surface area contributed by atoms with E-state index in [0.717, 1.165) is 11.1 Å². The van der Waals surface area contributed by atoms with Gasteiger partial charge in [0.1, 0.15) is 18.5 Å². The van der Waals surface area contributed by atoms with E-state index in [1.165, 1.54) is 0 Å². The van der Waals surface area contributed by atoms with E-state index < -0.39 is 12.2 Å². The molecule has 0 N–H and O–H groups in total. The molecule has 0 aromatic heterocycles. The summed E-state index contributed by atoms with van der Waals surface area (Å²) in [5, 5.41) is 1.24. The number of hydrogen-bond acceptors (Lipinski definition) is 3. The van der Waals surface area contributed by atoms with Crippen LogP contribution in [0.3, 0.4) is 0 Å². The molecule has 130 valence electrons. The predicted octanol–water partition coefficient (Wildman–Crippen LogP) is 4.22. The lowest BCUT2D eigenvalue weighted by Gasteiger charge is -2.42. The Morgan fingerprint density at radius 3 is 2.04 bits per heavy atom. The van der Waals surface area contributed by atoms with Gasteiger partial charge >= 0.3 is 0 Å². The highest BCUT2D eigenvalue weighted by molar-refractivity contribution is 6.30. The first kappa shape index (κ1) is 17.9. The third-order valence-corrected chi connectivity index (χ3v) is 4.86. The van der Waals surface area contributed by atoms with Crippen LogP contribution in [0.2, 0.25) is 10.0 Å². The molecular formula is C19H17Cl2NO3. The molecule has 1 fully saturated rings. The van der Waals surface area contributed by atoms with Crippen LogP contribution >= 0.6 is 23.2 Å². The van der Waals surface area contributed by atoms with Gasteiger partial charge in [-0.15, -0.1) is 0 Å². The number of halogens is 2. The molecule has 4 nitrogen and oxygen atoms in total. The van der Waals surface area contributed by atoms with E-state index in [0.29, 0.717) is 16.3 Å². The average Bonchev–Trinajstić information content (AvgIpc) is 2.61. The van der Waals surface area contributed by atoms with Crippen molar-refractivity contribution in [3.05, 3.63) is 69.7 Å². The molecule has 2 aromatic carbocycles. The van der Waals surface area contributed by atoms with Crippen LogP contribution in [0.5, 0.6) is 0 Å². The molecule has 1 aliphatic rings. The Bertz CT molecular complexity index is 761. The largest absolute Gasteiger partial charge is 0.357 e. The molecule has 0 radical (unpaired) electrons. The van der Waals surface area contributed by atoms with E-state index in [4.69, 9.17) is 27.9 Å². The van der Waals surface area contributed by atoms with Crippen molar-refractivity contribution in [2.24, 2.45) is 0 Å². The Morgan fingerprint density at radius 2 is 1.52 bits per heavy atom. The number of amides is 1. The normalized spacial score (nSPS) is 23.6. The number of ether oxygens (including phenoxy) is 1. The fourth-order valence-electron chi connectivity index (χ4n) is 3.09. The zero-order valence-corrected chi connectivity index (χ0v) is 15.1. The first-order valence-corrected chi connectivity index (χ1v) is 8.63. The van der Waals surface area contributed by atoms with Crippen LogP contribution in [0.1, 0.15) is 29.7 Å². The summed E-state index contributed by atoms with van der Waals surface area (Å²) in [5.41, 5.74) is 1.80. The lowest BCUT2D eigenvalue weighted by atomic mass is 9.92. The molecule has 0 bridgehead atoms. The lowest BCUT2D eigenvalue weighted by molar-refractivity contribution is -0.172. The Balaban J connectivity index is 2.03. The van der Waals surface area contributed by atoms with Crippen molar-refractivity contribution in [2.75, 3.05) is 7.05 Å². The van der Waals surface area contributed by atoms with Crippen LogP contribution < -0.4 is 0 Å². The predicted molar refractivity (Wildman–Crippen MR) is 96.7 cm³/mol. The number of morpholine rings is 1. The number of likely N-dealkylation sites (N-methyl/N-ethyl adjacent to an activating group) is 1. The van der Waals surface area contributed by atoms with Crippen molar-refractivity contribution in [1.82, 2.24) is 4.90 Å². The third kappa shape index (κ3) is 3.71. The van der Waals surface area contributed by atoms with Crippen molar-refractivity contribution in [3.63, 3.8) is 0 Å². The van der Waals surface area contributed by atoms with Gasteiger partial charge in [0, 0.05) is 23.5 Å². The van der Waals surface area contributed by atoms with Gasteiger partial charge in [0.2, 0.25) is 0 Å². The summed E-state index contributed by atoms with van der Waals surface area (Å²) < 4.78 is 6.03. The molecule has 0 aliphatic carbocycles. The van der Waals surface area contributed by atoms with Crippen molar-refractivity contribution in [3.8, 4) is 0 Å². The monoisotopic (exact) mass is 377 g/mol. The quantitative estimate of drug-likeness (QED) is 0.749. The van der Waals surface area contributed by atoms with Crippen LogP contribution in [0.15, 0.2) is 48.5 Å². The van der Waals surface area contributed by atoms with Gasteiger partial charge in [-0.05, 0) is 35.4 Å². The maximum absolute atomic E-state index is 12.6.